The van der Waals surface area contributed by atoms with Crippen LogP contribution in [0.4, 0.5) is 0 Å². The SMILES string of the molecule is CCN1CCCCC1c1ncc2c(Cl)cccn12. The molecule has 0 radical (unpaired) electrons. The lowest BCUT2D eigenvalue weighted by atomic mass is 10.0. The van der Waals surface area contributed by atoms with Crippen LogP contribution in [0.3, 0.4) is 0 Å². The Morgan fingerprint density at radius 2 is 2.33 bits per heavy atom. The summed E-state index contributed by atoms with van der Waals surface area (Å²) in [5.74, 6) is 1.13. The van der Waals surface area contributed by atoms with Gasteiger partial charge in [-0.15, -0.1) is 0 Å². The van der Waals surface area contributed by atoms with Crippen molar-refractivity contribution in [3.8, 4) is 0 Å². The predicted octanol–water partition coefficient (Wildman–Crippen LogP) is 3.53. The summed E-state index contributed by atoms with van der Waals surface area (Å²) in [5.41, 5.74) is 1.01. The minimum Gasteiger partial charge on any atom is -0.301 e. The molecule has 1 aliphatic rings. The summed E-state index contributed by atoms with van der Waals surface area (Å²) in [5, 5.41) is 0.773. The molecule has 1 aliphatic heterocycles. The second-order valence-corrected chi connectivity index (χ2v) is 5.28. The van der Waals surface area contributed by atoms with Gasteiger partial charge < -0.3 is 4.40 Å². The largest absolute Gasteiger partial charge is 0.301 e. The van der Waals surface area contributed by atoms with Crippen molar-refractivity contribution in [2.75, 3.05) is 13.1 Å². The number of piperidine rings is 1. The average molecular weight is 264 g/mol. The van der Waals surface area contributed by atoms with Gasteiger partial charge in [0.15, 0.2) is 0 Å². The first-order chi connectivity index (χ1) is 8.81. The van der Waals surface area contributed by atoms with Gasteiger partial charge in [-0.3, -0.25) is 4.90 Å². The van der Waals surface area contributed by atoms with Crippen molar-refractivity contribution in [1.82, 2.24) is 14.3 Å². The van der Waals surface area contributed by atoms with Gasteiger partial charge in [0.1, 0.15) is 5.82 Å². The molecule has 3 heterocycles. The fourth-order valence-corrected chi connectivity index (χ4v) is 3.13. The Hall–Kier alpha value is -1.06. The zero-order valence-corrected chi connectivity index (χ0v) is 11.4. The van der Waals surface area contributed by atoms with Crippen LogP contribution < -0.4 is 0 Å². The minimum atomic E-state index is 0.435. The molecule has 18 heavy (non-hydrogen) atoms. The number of nitrogens with zero attached hydrogens (tertiary/aromatic N) is 3. The number of aromatic nitrogens is 2. The predicted molar refractivity (Wildman–Crippen MR) is 74.0 cm³/mol. The van der Waals surface area contributed by atoms with Crippen molar-refractivity contribution < 1.29 is 0 Å². The van der Waals surface area contributed by atoms with Crippen molar-refractivity contribution in [2.24, 2.45) is 0 Å². The summed E-state index contributed by atoms with van der Waals surface area (Å²) in [6.45, 7) is 4.48. The normalized spacial score (nSPS) is 21.6. The van der Waals surface area contributed by atoms with Crippen LogP contribution in [0.2, 0.25) is 5.02 Å². The van der Waals surface area contributed by atoms with E-state index in [4.69, 9.17) is 11.6 Å². The maximum Gasteiger partial charge on any atom is 0.130 e. The molecule has 0 spiro atoms. The first-order valence-electron chi connectivity index (χ1n) is 6.66. The quantitative estimate of drug-likeness (QED) is 0.826. The smallest absolute Gasteiger partial charge is 0.130 e. The third kappa shape index (κ3) is 1.91. The van der Waals surface area contributed by atoms with Crippen molar-refractivity contribution >= 4 is 17.1 Å². The number of likely N-dealkylation sites (tertiary alicyclic amines) is 1. The van der Waals surface area contributed by atoms with Crippen molar-refractivity contribution in [3.05, 3.63) is 35.4 Å². The zero-order valence-electron chi connectivity index (χ0n) is 10.6. The summed E-state index contributed by atoms with van der Waals surface area (Å²) in [7, 11) is 0. The van der Waals surface area contributed by atoms with E-state index in [-0.39, 0.29) is 0 Å². The van der Waals surface area contributed by atoms with Crippen molar-refractivity contribution in [1.29, 1.82) is 0 Å². The molecule has 2 aromatic heterocycles. The van der Waals surface area contributed by atoms with Gasteiger partial charge in [-0.05, 0) is 38.1 Å². The molecule has 0 aromatic carbocycles. The van der Waals surface area contributed by atoms with Gasteiger partial charge in [0, 0.05) is 6.20 Å². The number of hydrogen-bond donors (Lipinski definition) is 0. The molecule has 1 fully saturated rings. The highest BCUT2D eigenvalue weighted by Gasteiger charge is 2.26. The van der Waals surface area contributed by atoms with E-state index in [0.29, 0.717) is 6.04 Å². The van der Waals surface area contributed by atoms with E-state index in [1.165, 1.54) is 25.8 Å². The van der Waals surface area contributed by atoms with Gasteiger partial charge in [-0.1, -0.05) is 24.9 Å². The fourth-order valence-electron chi connectivity index (χ4n) is 2.92. The third-order valence-corrected chi connectivity index (χ3v) is 4.19. The Labute approximate surface area is 112 Å². The standard InChI is InChI=1S/C14H18ClN3/c1-2-17-8-4-3-7-12(17)14-16-10-13-11(15)6-5-9-18(13)14/h5-6,9-10,12H,2-4,7-8H2,1H3. The van der Waals surface area contributed by atoms with E-state index in [9.17, 15) is 0 Å². The van der Waals surface area contributed by atoms with Gasteiger partial charge in [0.2, 0.25) is 0 Å². The average Bonchev–Trinajstić information content (AvgIpc) is 2.84. The molecule has 1 atom stereocenters. The molecule has 3 nitrogen and oxygen atoms in total. The lowest BCUT2D eigenvalue weighted by Gasteiger charge is -2.33. The number of fused-ring (bicyclic) bond motifs is 1. The van der Waals surface area contributed by atoms with Gasteiger partial charge >= 0.3 is 0 Å². The number of halogens is 1. The molecule has 0 aliphatic carbocycles. The van der Waals surface area contributed by atoms with E-state index < -0.39 is 0 Å². The summed E-state index contributed by atoms with van der Waals surface area (Å²) in [4.78, 5) is 7.13. The van der Waals surface area contributed by atoms with Crippen LogP contribution in [-0.2, 0) is 0 Å². The van der Waals surface area contributed by atoms with E-state index >= 15 is 0 Å². The summed E-state index contributed by atoms with van der Waals surface area (Å²) >= 11 is 6.21. The Morgan fingerprint density at radius 3 is 3.17 bits per heavy atom. The molecular formula is C14H18ClN3. The number of rotatable bonds is 2. The lowest BCUT2D eigenvalue weighted by molar-refractivity contribution is 0.149. The molecule has 0 amide bonds. The van der Waals surface area contributed by atoms with Crippen LogP contribution >= 0.6 is 11.6 Å². The molecule has 4 heteroatoms. The minimum absolute atomic E-state index is 0.435. The van der Waals surface area contributed by atoms with Gasteiger partial charge in [-0.25, -0.2) is 4.98 Å². The molecule has 0 bridgehead atoms. The second kappa shape index (κ2) is 4.90. The highest BCUT2D eigenvalue weighted by atomic mass is 35.5. The zero-order chi connectivity index (χ0) is 12.5. The van der Waals surface area contributed by atoms with Crippen LogP contribution in [0.5, 0.6) is 0 Å². The van der Waals surface area contributed by atoms with Gasteiger partial charge in [-0.2, -0.15) is 0 Å². The Kier molecular flexibility index (Phi) is 3.27. The highest BCUT2D eigenvalue weighted by Crippen LogP contribution is 2.31. The third-order valence-electron chi connectivity index (χ3n) is 3.87. The molecular weight excluding hydrogens is 246 g/mol. The first-order valence-corrected chi connectivity index (χ1v) is 7.04. The topological polar surface area (TPSA) is 20.5 Å². The molecule has 0 saturated carbocycles. The van der Waals surface area contributed by atoms with Gasteiger partial charge in [0.25, 0.3) is 0 Å². The van der Waals surface area contributed by atoms with Crippen LogP contribution in [0.15, 0.2) is 24.5 Å². The van der Waals surface area contributed by atoms with Gasteiger partial charge in [0.05, 0.1) is 22.8 Å². The maximum absolute atomic E-state index is 6.21. The van der Waals surface area contributed by atoms with E-state index in [1.807, 2.05) is 18.3 Å². The molecule has 2 aromatic rings. The van der Waals surface area contributed by atoms with Crippen LogP contribution in [0.25, 0.3) is 5.52 Å². The Morgan fingerprint density at radius 1 is 1.44 bits per heavy atom. The van der Waals surface area contributed by atoms with E-state index in [2.05, 4.69) is 27.4 Å². The Balaban J connectivity index is 2.05. The molecule has 1 unspecified atom stereocenters. The van der Waals surface area contributed by atoms with Crippen molar-refractivity contribution in [2.45, 2.75) is 32.2 Å². The summed E-state index contributed by atoms with van der Waals surface area (Å²) < 4.78 is 2.14. The number of imidazole rings is 1. The second-order valence-electron chi connectivity index (χ2n) is 4.87. The maximum atomic E-state index is 6.21. The molecule has 0 N–H and O–H groups in total. The molecule has 3 rings (SSSR count). The van der Waals surface area contributed by atoms with Crippen LogP contribution in [-0.4, -0.2) is 27.4 Å². The monoisotopic (exact) mass is 263 g/mol. The van der Waals surface area contributed by atoms with E-state index in [0.717, 1.165) is 22.9 Å². The fraction of sp³-hybridized carbons (Fsp3) is 0.500. The number of hydrogen-bond acceptors (Lipinski definition) is 2. The number of pyridine rings is 1. The first kappa shape index (κ1) is 12.0. The highest BCUT2D eigenvalue weighted by molar-refractivity contribution is 6.33. The van der Waals surface area contributed by atoms with Crippen molar-refractivity contribution in [3.63, 3.8) is 0 Å². The summed E-state index contributed by atoms with van der Waals surface area (Å²) in [6, 6.07) is 4.34. The molecule has 1 saturated heterocycles. The van der Waals surface area contributed by atoms with Crippen LogP contribution in [0, 0.1) is 0 Å². The van der Waals surface area contributed by atoms with Crippen LogP contribution in [0.1, 0.15) is 38.1 Å². The lowest BCUT2D eigenvalue weighted by Crippen LogP contribution is -2.34. The summed E-state index contributed by atoms with van der Waals surface area (Å²) in [6.07, 6.45) is 7.73. The Bertz CT molecular complexity index is 549. The van der Waals surface area contributed by atoms with E-state index in [1.54, 1.807) is 0 Å². The molecule has 96 valence electrons.